The number of rotatable bonds is 6. The highest BCUT2D eigenvalue weighted by Gasteiger charge is 2.20. The van der Waals surface area contributed by atoms with Gasteiger partial charge in [-0.15, -0.1) is 6.58 Å². The number of esters is 1. The van der Waals surface area contributed by atoms with Crippen molar-refractivity contribution in [2.75, 3.05) is 7.11 Å². The third-order valence-corrected chi connectivity index (χ3v) is 2.49. The van der Waals surface area contributed by atoms with Gasteiger partial charge in [0.15, 0.2) is 0 Å². The Morgan fingerprint density at radius 1 is 1.39 bits per heavy atom. The molecule has 0 aliphatic heterocycles. The van der Waals surface area contributed by atoms with E-state index >= 15 is 0 Å². The van der Waals surface area contributed by atoms with Gasteiger partial charge in [-0.05, 0) is 25.0 Å². The van der Waals surface area contributed by atoms with Gasteiger partial charge >= 0.3 is 5.97 Å². The van der Waals surface area contributed by atoms with E-state index in [0.717, 1.165) is 0 Å². The third kappa shape index (κ3) is 4.05. The number of allylic oxidation sites excluding steroid dienone is 1. The molecule has 1 N–H and O–H groups in total. The number of ether oxygens (including phenoxy) is 1. The fraction of sp³-hybridized carbons (Fsp3) is 0.286. The van der Waals surface area contributed by atoms with Gasteiger partial charge in [0.25, 0.3) is 5.91 Å². The van der Waals surface area contributed by atoms with Gasteiger partial charge < -0.3 is 10.1 Å². The van der Waals surface area contributed by atoms with Crippen LogP contribution in [0, 0.1) is 0 Å². The summed E-state index contributed by atoms with van der Waals surface area (Å²) in [5, 5.41) is 2.66. The van der Waals surface area contributed by atoms with Crippen LogP contribution in [-0.2, 0) is 9.53 Å². The molecule has 18 heavy (non-hydrogen) atoms. The topological polar surface area (TPSA) is 55.4 Å². The molecule has 0 aromatic heterocycles. The molecule has 0 radical (unpaired) electrons. The van der Waals surface area contributed by atoms with E-state index in [4.69, 9.17) is 0 Å². The number of hydrogen-bond acceptors (Lipinski definition) is 3. The number of benzene rings is 1. The van der Waals surface area contributed by atoms with E-state index in [0.29, 0.717) is 18.4 Å². The Morgan fingerprint density at radius 2 is 2.06 bits per heavy atom. The maximum absolute atomic E-state index is 11.9. The minimum atomic E-state index is -0.638. The van der Waals surface area contributed by atoms with E-state index in [1.54, 1.807) is 30.3 Å². The minimum absolute atomic E-state index is 0.282. The highest BCUT2D eigenvalue weighted by Crippen LogP contribution is 2.04. The molecule has 0 heterocycles. The van der Waals surface area contributed by atoms with Crippen LogP contribution in [0.15, 0.2) is 43.0 Å². The smallest absolute Gasteiger partial charge is 0.328 e. The van der Waals surface area contributed by atoms with Crippen LogP contribution in [0.5, 0.6) is 0 Å². The van der Waals surface area contributed by atoms with E-state index in [2.05, 4.69) is 16.6 Å². The molecule has 0 bridgehead atoms. The summed E-state index contributed by atoms with van der Waals surface area (Å²) >= 11 is 0. The number of carbonyl (C=O) groups excluding carboxylic acids is 2. The molecule has 0 aliphatic rings. The highest BCUT2D eigenvalue weighted by molar-refractivity contribution is 5.96. The van der Waals surface area contributed by atoms with E-state index in [1.807, 2.05) is 6.07 Å². The molecule has 96 valence electrons. The van der Waals surface area contributed by atoms with E-state index in [1.165, 1.54) is 7.11 Å². The number of amides is 1. The fourth-order valence-electron chi connectivity index (χ4n) is 1.51. The van der Waals surface area contributed by atoms with Crippen molar-refractivity contribution in [3.05, 3.63) is 48.6 Å². The first-order chi connectivity index (χ1) is 8.69. The van der Waals surface area contributed by atoms with Crippen LogP contribution in [0.2, 0.25) is 0 Å². The monoisotopic (exact) mass is 247 g/mol. The van der Waals surface area contributed by atoms with Crippen LogP contribution in [0.3, 0.4) is 0 Å². The summed E-state index contributed by atoms with van der Waals surface area (Å²) in [5.41, 5.74) is 0.519. The predicted molar refractivity (Wildman–Crippen MR) is 69.1 cm³/mol. The molecule has 4 nitrogen and oxygen atoms in total. The van der Waals surface area contributed by atoms with Crippen LogP contribution in [0.4, 0.5) is 0 Å². The Morgan fingerprint density at radius 3 is 2.61 bits per heavy atom. The molecule has 0 aliphatic carbocycles. The van der Waals surface area contributed by atoms with Gasteiger partial charge in [0.05, 0.1) is 7.11 Å². The van der Waals surface area contributed by atoms with Gasteiger partial charge in [-0.1, -0.05) is 24.3 Å². The van der Waals surface area contributed by atoms with E-state index in [9.17, 15) is 9.59 Å². The molecule has 0 saturated heterocycles. The summed E-state index contributed by atoms with van der Waals surface area (Å²) in [6.07, 6.45) is 2.81. The zero-order valence-corrected chi connectivity index (χ0v) is 10.4. The average molecular weight is 247 g/mol. The van der Waals surface area contributed by atoms with Crippen molar-refractivity contribution >= 4 is 11.9 Å². The minimum Gasteiger partial charge on any atom is -0.467 e. The maximum atomic E-state index is 11.9. The summed E-state index contributed by atoms with van der Waals surface area (Å²) in [4.78, 5) is 23.4. The first-order valence-electron chi connectivity index (χ1n) is 5.73. The zero-order chi connectivity index (χ0) is 13.4. The SMILES string of the molecule is C=CCC[C@H](NC(=O)c1ccccc1)C(=O)OC. The summed E-state index contributed by atoms with van der Waals surface area (Å²) < 4.78 is 4.66. The van der Waals surface area contributed by atoms with Gasteiger partial charge in [0.1, 0.15) is 6.04 Å². The molecular formula is C14H17NO3. The number of hydrogen-bond donors (Lipinski definition) is 1. The van der Waals surface area contributed by atoms with Gasteiger partial charge in [0, 0.05) is 5.56 Å². The van der Waals surface area contributed by atoms with E-state index in [-0.39, 0.29) is 5.91 Å². The number of carbonyl (C=O) groups is 2. The highest BCUT2D eigenvalue weighted by atomic mass is 16.5. The Balaban J connectivity index is 2.68. The molecule has 4 heteroatoms. The second-order valence-corrected chi connectivity index (χ2v) is 3.78. The van der Waals surface area contributed by atoms with Crippen molar-refractivity contribution in [2.45, 2.75) is 18.9 Å². The molecule has 1 atom stereocenters. The van der Waals surface area contributed by atoms with Crippen molar-refractivity contribution in [1.82, 2.24) is 5.32 Å². The molecule has 0 spiro atoms. The largest absolute Gasteiger partial charge is 0.467 e. The molecule has 1 aromatic rings. The molecule has 1 aromatic carbocycles. The van der Waals surface area contributed by atoms with Gasteiger partial charge in [-0.3, -0.25) is 4.79 Å². The molecule has 1 amide bonds. The van der Waals surface area contributed by atoms with Gasteiger partial charge in [-0.25, -0.2) is 4.79 Å². The first-order valence-corrected chi connectivity index (χ1v) is 5.73. The lowest BCUT2D eigenvalue weighted by molar-refractivity contribution is -0.143. The predicted octanol–water partition coefficient (Wildman–Crippen LogP) is 1.92. The molecule has 0 unspecified atom stereocenters. The summed E-state index contributed by atoms with van der Waals surface area (Å²) in [6, 6.07) is 8.11. The van der Waals surface area contributed by atoms with Crippen molar-refractivity contribution < 1.29 is 14.3 Å². The number of methoxy groups -OCH3 is 1. The van der Waals surface area contributed by atoms with Gasteiger partial charge in [0.2, 0.25) is 0 Å². The average Bonchev–Trinajstić information content (AvgIpc) is 2.43. The first kappa shape index (κ1) is 14.0. The van der Waals surface area contributed by atoms with Crippen LogP contribution in [0.1, 0.15) is 23.2 Å². The summed E-state index contributed by atoms with van der Waals surface area (Å²) in [5.74, 6) is -0.726. The summed E-state index contributed by atoms with van der Waals surface area (Å²) in [6.45, 7) is 3.59. The molecular weight excluding hydrogens is 230 g/mol. The Labute approximate surface area is 107 Å². The van der Waals surface area contributed by atoms with Crippen molar-refractivity contribution in [3.63, 3.8) is 0 Å². The summed E-state index contributed by atoms with van der Waals surface area (Å²) in [7, 11) is 1.30. The standard InChI is InChI=1S/C14H17NO3/c1-3-4-10-12(14(17)18-2)15-13(16)11-8-6-5-7-9-11/h3,5-9,12H,1,4,10H2,2H3,(H,15,16)/t12-/m0/s1. The Bertz CT molecular complexity index is 414. The Kier molecular flexibility index (Phi) is 5.64. The van der Waals surface area contributed by atoms with Crippen LogP contribution >= 0.6 is 0 Å². The van der Waals surface area contributed by atoms with Crippen LogP contribution < -0.4 is 5.32 Å². The van der Waals surface area contributed by atoms with Crippen molar-refractivity contribution in [3.8, 4) is 0 Å². The molecule has 0 saturated carbocycles. The molecule has 0 fully saturated rings. The fourth-order valence-corrected chi connectivity index (χ4v) is 1.51. The van der Waals surface area contributed by atoms with Crippen molar-refractivity contribution in [1.29, 1.82) is 0 Å². The second-order valence-electron chi connectivity index (χ2n) is 3.78. The quantitative estimate of drug-likeness (QED) is 0.617. The van der Waals surface area contributed by atoms with E-state index < -0.39 is 12.0 Å². The zero-order valence-electron chi connectivity index (χ0n) is 10.4. The normalized spacial score (nSPS) is 11.4. The second kappa shape index (κ2) is 7.27. The number of nitrogens with one attached hydrogen (secondary N) is 1. The maximum Gasteiger partial charge on any atom is 0.328 e. The lowest BCUT2D eigenvalue weighted by atomic mass is 10.1. The Hall–Kier alpha value is -2.10. The molecule has 1 rings (SSSR count). The van der Waals surface area contributed by atoms with Crippen molar-refractivity contribution in [2.24, 2.45) is 0 Å². The third-order valence-electron chi connectivity index (χ3n) is 2.49. The lowest BCUT2D eigenvalue weighted by Gasteiger charge is -2.15. The van der Waals surface area contributed by atoms with Crippen LogP contribution in [-0.4, -0.2) is 25.0 Å². The van der Waals surface area contributed by atoms with Crippen LogP contribution in [0.25, 0.3) is 0 Å². The van der Waals surface area contributed by atoms with Gasteiger partial charge in [-0.2, -0.15) is 0 Å². The lowest BCUT2D eigenvalue weighted by Crippen LogP contribution is -2.41.